The summed E-state index contributed by atoms with van der Waals surface area (Å²) in [6, 6.07) is 11.1. The number of benzene rings is 2. The van der Waals surface area contributed by atoms with Gasteiger partial charge in [-0.15, -0.1) is 0 Å². The second-order valence-electron chi connectivity index (χ2n) is 5.38. The van der Waals surface area contributed by atoms with Crippen molar-refractivity contribution in [1.29, 1.82) is 0 Å². The van der Waals surface area contributed by atoms with Gasteiger partial charge in [0.2, 0.25) is 5.91 Å². The van der Waals surface area contributed by atoms with Crippen LogP contribution in [0, 0.1) is 0 Å². The quantitative estimate of drug-likeness (QED) is 0.620. The highest BCUT2D eigenvalue weighted by Crippen LogP contribution is 2.23. The number of hydrogen-bond donors (Lipinski definition) is 3. The van der Waals surface area contributed by atoms with E-state index in [1.807, 2.05) is 0 Å². The molecule has 0 aromatic heterocycles. The summed E-state index contributed by atoms with van der Waals surface area (Å²) in [5.74, 6) is -3.17. The summed E-state index contributed by atoms with van der Waals surface area (Å²) in [6.45, 7) is 1.46. The van der Waals surface area contributed by atoms with Crippen LogP contribution in [0.25, 0.3) is 0 Å². The van der Waals surface area contributed by atoms with Crippen molar-refractivity contribution in [2.75, 3.05) is 5.75 Å². The van der Waals surface area contributed by atoms with Gasteiger partial charge in [0.1, 0.15) is 22.8 Å². The molecule has 2 rings (SSSR count). The summed E-state index contributed by atoms with van der Waals surface area (Å²) >= 11 is 0. The lowest BCUT2D eigenvalue weighted by Crippen LogP contribution is -2.40. The summed E-state index contributed by atoms with van der Waals surface area (Å²) < 4.78 is 29.6. The molecule has 0 radical (unpaired) electrons. The molecule has 1 unspecified atom stereocenters. The molecule has 3 N–H and O–H groups in total. The Hall–Kier alpha value is -3.07. The summed E-state index contributed by atoms with van der Waals surface area (Å²) in [7, 11) is -3.78. The zero-order chi connectivity index (χ0) is 19.3. The van der Waals surface area contributed by atoms with Gasteiger partial charge in [-0.2, -0.15) is 0 Å². The van der Waals surface area contributed by atoms with Gasteiger partial charge in [-0.25, -0.2) is 13.2 Å². The first kappa shape index (κ1) is 19.3. The molecule has 1 amide bonds. The molecule has 0 aliphatic heterocycles. The summed E-state index contributed by atoms with van der Waals surface area (Å²) in [6.07, 6.45) is -0.917. The van der Waals surface area contributed by atoms with Gasteiger partial charge >= 0.3 is 5.97 Å². The van der Waals surface area contributed by atoms with Crippen molar-refractivity contribution in [2.45, 2.75) is 18.0 Å². The van der Waals surface area contributed by atoms with E-state index in [1.54, 1.807) is 18.2 Å². The normalized spacial score (nSPS) is 12.2. The molecule has 0 bridgehead atoms. The molecular formula is C17H17NO7S. The number of sulfone groups is 1. The second kappa shape index (κ2) is 7.87. The lowest BCUT2D eigenvalue weighted by atomic mass is 10.2. The Morgan fingerprint density at radius 1 is 1.15 bits per heavy atom. The Bertz CT molecular complexity index is 910. The molecule has 9 heteroatoms. The van der Waals surface area contributed by atoms with Gasteiger partial charge in [0.05, 0.1) is 4.90 Å². The van der Waals surface area contributed by atoms with Gasteiger partial charge in [0, 0.05) is 0 Å². The summed E-state index contributed by atoms with van der Waals surface area (Å²) in [5, 5.41) is 20.8. The van der Waals surface area contributed by atoms with E-state index in [0.29, 0.717) is 0 Å². The number of hydrogen-bond acceptors (Lipinski definition) is 6. The number of phenols is 1. The zero-order valence-electron chi connectivity index (χ0n) is 13.7. The van der Waals surface area contributed by atoms with Crippen LogP contribution in [0.2, 0.25) is 0 Å². The number of carbonyl (C=O) groups is 2. The van der Waals surface area contributed by atoms with Crippen LogP contribution < -0.4 is 10.1 Å². The highest BCUT2D eigenvalue weighted by Gasteiger charge is 2.21. The minimum Gasteiger partial charge on any atom is -0.507 e. The lowest BCUT2D eigenvalue weighted by Gasteiger charge is -2.17. The van der Waals surface area contributed by atoms with E-state index in [1.165, 1.54) is 25.1 Å². The second-order valence-corrected chi connectivity index (χ2v) is 7.37. The largest absolute Gasteiger partial charge is 0.507 e. The maximum absolute atomic E-state index is 12.1. The summed E-state index contributed by atoms with van der Waals surface area (Å²) in [5.41, 5.74) is -0.354. The van der Waals surface area contributed by atoms with Crippen molar-refractivity contribution in [3.05, 3.63) is 54.1 Å². The minimum absolute atomic E-state index is 0.0355. The summed E-state index contributed by atoms with van der Waals surface area (Å²) in [4.78, 5) is 23.0. The number of carboxylic acid groups (broad SMARTS) is 1. The Balaban J connectivity index is 1.99. The Labute approximate surface area is 150 Å². The average Bonchev–Trinajstić information content (AvgIpc) is 2.56. The lowest BCUT2D eigenvalue weighted by molar-refractivity contribution is -0.120. The molecular weight excluding hydrogens is 362 g/mol. The van der Waals surface area contributed by atoms with Crippen LogP contribution in [0.15, 0.2) is 53.4 Å². The van der Waals surface area contributed by atoms with E-state index in [9.17, 15) is 23.1 Å². The maximum atomic E-state index is 12.1. The van der Waals surface area contributed by atoms with Gasteiger partial charge in [0.25, 0.3) is 0 Å². The Kier molecular flexibility index (Phi) is 5.83. The monoisotopic (exact) mass is 379 g/mol. The number of rotatable bonds is 7. The van der Waals surface area contributed by atoms with Crippen molar-refractivity contribution in [3.8, 4) is 11.5 Å². The molecule has 0 heterocycles. The molecule has 1 atom stereocenters. The minimum atomic E-state index is -3.78. The number of amides is 1. The SMILES string of the molecule is CC(NC(=O)CS(=O)(=O)c1ccccc1)Oc1ccc(O)c(C(=O)O)c1. The predicted molar refractivity (Wildman–Crippen MR) is 91.8 cm³/mol. The van der Waals surface area contributed by atoms with Gasteiger partial charge in [-0.3, -0.25) is 4.79 Å². The van der Waals surface area contributed by atoms with Crippen LogP contribution in [0.1, 0.15) is 17.3 Å². The first-order chi connectivity index (χ1) is 12.2. The van der Waals surface area contributed by atoms with E-state index >= 15 is 0 Å². The predicted octanol–water partition coefficient (Wildman–Crippen LogP) is 1.41. The number of carboxylic acids is 1. The van der Waals surface area contributed by atoms with Crippen LogP contribution in [0.3, 0.4) is 0 Å². The Morgan fingerprint density at radius 3 is 2.42 bits per heavy atom. The molecule has 26 heavy (non-hydrogen) atoms. The number of aromatic carboxylic acids is 1. The first-order valence-electron chi connectivity index (χ1n) is 7.49. The van der Waals surface area contributed by atoms with Crippen LogP contribution in [-0.4, -0.2) is 42.5 Å². The van der Waals surface area contributed by atoms with E-state index in [4.69, 9.17) is 9.84 Å². The molecule has 0 saturated heterocycles. The maximum Gasteiger partial charge on any atom is 0.339 e. The number of carbonyl (C=O) groups excluding carboxylic acids is 1. The standard InChI is InChI=1S/C17H17NO7S/c1-11(25-12-7-8-15(19)14(9-12)17(21)22)18-16(20)10-26(23,24)13-5-3-2-4-6-13/h2-9,11,19H,10H2,1H3,(H,18,20)(H,21,22). The fraction of sp³-hybridized carbons (Fsp3) is 0.176. The smallest absolute Gasteiger partial charge is 0.339 e. The highest BCUT2D eigenvalue weighted by atomic mass is 32.2. The van der Waals surface area contributed by atoms with E-state index < -0.39 is 39.4 Å². The van der Waals surface area contributed by atoms with Gasteiger partial charge in [0.15, 0.2) is 16.1 Å². The molecule has 0 aliphatic carbocycles. The van der Waals surface area contributed by atoms with Crippen LogP contribution >= 0.6 is 0 Å². The van der Waals surface area contributed by atoms with E-state index in [0.717, 1.165) is 12.1 Å². The van der Waals surface area contributed by atoms with E-state index in [-0.39, 0.29) is 16.2 Å². The highest BCUT2D eigenvalue weighted by molar-refractivity contribution is 7.92. The van der Waals surface area contributed by atoms with Gasteiger partial charge in [-0.1, -0.05) is 18.2 Å². The Morgan fingerprint density at radius 2 is 1.81 bits per heavy atom. The number of aromatic hydroxyl groups is 1. The third-order valence-corrected chi connectivity index (χ3v) is 4.93. The van der Waals surface area contributed by atoms with Crippen molar-refractivity contribution in [1.82, 2.24) is 5.32 Å². The third-order valence-electron chi connectivity index (χ3n) is 3.30. The van der Waals surface area contributed by atoms with Crippen molar-refractivity contribution in [3.63, 3.8) is 0 Å². The fourth-order valence-electron chi connectivity index (χ4n) is 2.15. The molecule has 8 nitrogen and oxygen atoms in total. The topological polar surface area (TPSA) is 130 Å². The number of nitrogens with one attached hydrogen (secondary N) is 1. The van der Waals surface area contributed by atoms with Crippen molar-refractivity contribution < 1.29 is 33.0 Å². The molecule has 0 spiro atoms. The van der Waals surface area contributed by atoms with Crippen molar-refractivity contribution >= 4 is 21.7 Å². The van der Waals surface area contributed by atoms with Crippen molar-refractivity contribution in [2.24, 2.45) is 0 Å². The molecule has 2 aromatic carbocycles. The fourth-order valence-corrected chi connectivity index (χ4v) is 3.31. The van der Waals surface area contributed by atoms with E-state index in [2.05, 4.69) is 5.32 Å². The molecule has 138 valence electrons. The molecule has 0 aliphatic rings. The molecule has 0 fully saturated rings. The zero-order valence-corrected chi connectivity index (χ0v) is 14.6. The van der Waals surface area contributed by atoms with Crippen LogP contribution in [0.4, 0.5) is 0 Å². The van der Waals surface area contributed by atoms with Gasteiger partial charge < -0.3 is 20.3 Å². The number of ether oxygens (including phenoxy) is 1. The van der Waals surface area contributed by atoms with Crippen LogP contribution in [0.5, 0.6) is 11.5 Å². The first-order valence-corrected chi connectivity index (χ1v) is 9.14. The average molecular weight is 379 g/mol. The molecule has 2 aromatic rings. The van der Waals surface area contributed by atoms with Crippen LogP contribution in [-0.2, 0) is 14.6 Å². The molecule has 0 saturated carbocycles. The van der Waals surface area contributed by atoms with Gasteiger partial charge in [-0.05, 0) is 37.3 Å². The third kappa shape index (κ3) is 4.96.